The summed E-state index contributed by atoms with van der Waals surface area (Å²) in [5, 5.41) is 0.201. The lowest BCUT2D eigenvalue weighted by atomic mass is 10.1. The quantitative estimate of drug-likeness (QED) is 0.376. The van der Waals surface area contributed by atoms with Gasteiger partial charge in [-0.3, -0.25) is 4.79 Å². The highest BCUT2D eigenvalue weighted by molar-refractivity contribution is 6.74. The van der Waals surface area contributed by atoms with E-state index in [-0.39, 0.29) is 11.1 Å². The summed E-state index contributed by atoms with van der Waals surface area (Å²) in [5.74, 6) is 0. The zero-order chi connectivity index (χ0) is 16.6. The number of rotatable bonds is 8. The maximum Gasteiger partial charge on any atom is 0.192 e. The molecule has 0 fully saturated rings. The average molecular weight is 319 g/mol. The Morgan fingerprint density at radius 2 is 1.82 bits per heavy atom. The summed E-state index contributed by atoms with van der Waals surface area (Å²) in [7, 11) is -1.79. The van der Waals surface area contributed by atoms with Crippen LogP contribution in [-0.4, -0.2) is 20.7 Å². The molecule has 1 rings (SSSR count). The van der Waals surface area contributed by atoms with E-state index in [2.05, 4.69) is 58.1 Å². The first kappa shape index (κ1) is 18.9. The van der Waals surface area contributed by atoms with Gasteiger partial charge in [-0.2, -0.15) is 0 Å². The molecule has 0 spiro atoms. The fraction of sp³-hybridized carbons (Fsp3) is 0.526. The van der Waals surface area contributed by atoms with Crippen LogP contribution in [0.25, 0.3) is 0 Å². The van der Waals surface area contributed by atoms with Crippen molar-refractivity contribution < 1.29 is 9.22 Å². The molecule has 22 heavy (non-hydrogen) atoms. The van der Waals surface area contributed by atoms with Gasteiger partial charge in [-0.1, -0.05) is 57.2 Å². The standard InChI is InChI=1S/C19H30O2Si/c1-19(2,3)22(4,5)21-18(13-9-10-16-20)15-14-17-11-7-6-8-12-17/h6-12,16,18H,13-15H2,1-5H3/b10-9+. The average Bonchev–Trinajstić information content (AvgIpc) is 2.44. The molecule has 1 aromatic carbocycles. The Hall–Kier alpha value is -1.19. The van der Waals surface area contributed by atoms with Crippen LogP contribution in [0, 0.1) is 0 Å². The number of aryl methyl sites for hydroxylation is 1. The monoisotopic (exact) mass is 318 g/mol. The molecule has 0 aliphatic carbocycles. The van der Waals surface area contributed by atoms with Gasteiger partial charge >= 0.3 is 0 Å². The Labute approximate surface area is 136 Å². The molecule has 0 N–H and O–H groups in total. The molecule has 0 heterocycles. The normalized spacial score (nSPS) is 14.2. The van der Waals surface area contributed by atoms with Crippen molar-refractivity contribution in [2.45, 2.75) is 64.3 Å². The number of hydrogen-bond donors (Lipinski definition) is 0. The SMILES string of the molecule is CC(C)(C)[Si](C)(C)OC(C/C=C/C=O)CCc1ccccc1. The second-order valence-electron chi connectivity index (χ2n) is 7.32. The number of carbonyl (C=O) groups is 1. The van der Waals surface area contributed by atoms with E-state index in [1.165, 1.54) is 5.56 Å². The summed E-state index contributed by atoms with van der Waals surface area (Å²) in [6, 6.07) is 10.5. The van der Waals surface area contributed by atoms with E-state index < -0.39 is 8.32 Å². The second-order valence-corrected chi connectivity index (χ2v) is 12.1. The molecule has 0 saturated carbocycles. The Kier molecular flexibility index (Phi) is 7.24. The first-order valence-corrected chi connectivity index (χ1v) is 11.0. The molecular formula is C19H30O2Si. The zero-order valence-corrected chi connectivity index (χ0v) is 15.6. The van der Waals surface area contributed by atoms with Crippen molar-refractivity contribution in [3.63, 3.8) is 0 Å². The van der Waals surface area contributed by atoms with Gasteiger partial charge in [-0.15, -0.1) is 0 Å². The molecule has 0 radical (unpaired) electrons. The minimum absolute atomic E-state index is 0.178. The molecule has 1 aromatic rings. The molecule has 0 saturated heterocycles. The summed E-state index contributed by atoms with van der Waals surface area (Å²) in [6.45, 7) is 11.3. The molecule has 3 heteroatoms. The van der Waals surface area contributed by atoms with Gasteiger partial charge in [-0.25, -0.2) is 0 Å². The molecule has 0 aromatic heterocycles. The van der Waals surface area contributed by atoms with Gasteiger partial charge in [-0.05, 0) is 49.0 Å². The lowest BCUT2D eigenvalue weighted by molar-refractivity contribution is -0.104. The largest absolute Gasteiger partial charge is 0.414 e. The third-order valence-corrected chi connectivity index (χ3v) is 9.01. The fourth-order valence-corrected chi connectivity index (χ4v) is 3.48. The van der Waals surface area contributed by atoms with Crippen LogP contribution in [0.5, 0.6) is 0 Å². The van der Waals surface area contributed by atoms with Crippen LogP contribution in [0.2, 0.25) is 18.1 Å². The van der Waals surface area contributed by atoms with Crippen LogP contribution in [-0.2, 0) is 15.6 Å². The van der Waals surface area contributed by atoms with Crippen molar-refractivity contribution in [1.82, 2.24) is 0 Å². The van der Waals surface area contributed by atoms with Gasteiger partial charge in [0.25, 0.3) is 0 Å². The smallest absolute Gasteiger partial charge is 0.192 e. The fourth-order valence-electron chi connectivity index (χ4n) is 2.08. The molecule has 0 aliphatic heterocycles. The topological polar surface area (TPSA) is 26.3 Å². The van der Waals surface area contributed by atoms with Gasteiger partial charge in [0, 0.05) is 6.10 Å². The van der Waals surface area contributed by atoms with Crippen LogP contribution < -0.4 is 0 Å². The van der Waals surface area contributed by atoms with E-state index in [4.69, 9.17) is 4.43 Å². The minimum Gasteiger partial charge on any atom is -0.414 e. The predicted octanol–water partition coefficient (Wildman–Crippen LogP) is 5.15. The second kappa shape index (κ2) is 8.44. The van der Waals surface area contributed by atoms with Crippen molar-refractivity contribution in [2.24, 2.45) is 0 Å². The van der Waals surface area contributed by atoms with E-state index in [0.717, 1.165) is 25.5 Å². The number of carbonyl (C=O) groups excluding carboxylic acids is 1. The number of benzene rings is 1. The molecule has 0 bridgehead atoms. The van der Waals surface area contributed by atoms with Crippen molar-refractivity contribution in [3.8, 4) is 0 Å². The van der Waals surface area contributed by atoms with Crippen molar-refractivity contribution in [2.75, 3.05) is 0 Å². The minimum atomic E-state index is -1.79. The number of allylic oxidation sites excluding steroid dienone is 1. The van der Waals surface area contributed by atoms with Gasteiger partial charge in [0.05, 0.1) is 0 Å². The lowest BCUT2D eigenvalue weighted by Crippen LogP contribution is -2.44. The maximum atomic E-state index is 10.5. The van der Waals surface area contributed by atoms with Gasteiger partial charge in [0.2, 0.25) is 0 Å². The molecule has 0 aliphatic rings. The van der Waals surface area contributed by atoms with Crippen LogP contribution in [0.1, 0.15) is 39.2 Å². The Morgan fingerprint density at radius 3 is 2.36 bits per heavy atom. The Balaban J connectivity index is 2.71. The van der Waals surface area contributed by atoms with Gasteiger partial charge < -0.3 is 4.43 Å². The molecule has 1 atom stereocenters. The third kappa shape index (κ3) is 6.28. The number of hydrogen-bond acceptors (Lipinski definition) is 2. The first-order valence-electron chi connectivity index (χ1n) is 8.08. The van der Waals surface area contributed by atoms with Crippen LogP contribution in [0.4, 0.5) is 0 Å². The molecule has 122 valence electrons. The van der Waals surface area contributed by atoms with E-state index in [1.54, 1.807) is 6.08 Å². The highest BCUT2D eigenvalue weighted by Crippen LogP contribution is 2.38. The van der Waals surface area contributed by atoms with Crippen LogP contribution in [0.15, 0.2) is 42.5 Å². The Morgan fingerprint density at radius 1 is 1.18 bits per heavy atom. The van der Waals surface area contributed by atoms with Crippen molar-refractivity contribution in [1.29, 1.82) is 0 Å². The lowest BCUT2D eigenvalue weighted by Gasteiger charge is -2.39. The summed E-state index contributed by atoms with van der Waals surface area (Å²) in [4.78, 5) is 10.5. The predicted molar refractivity (Wildman–Crippen MR) is 96.7 cm³/mol. The molecule has 2 nitrogen and oxygen atoms in total. The van der Waals surface area contributed by atoms with Crippen LogP contribution in [0.3, 0.4) is 0 Å². The zero-order valence-electron chi connectivity index (χ0n) is 14.6. The van der Waals surface area contributed by atoms with E-state index in [1.807, 2.05) is 12.1 Å². The third-order valence-electron chi connectivity index (χ3n) is 4.48. The van der Waals surface area contributed by atoms with Gasteiger partial charge in [0.15, 0.2) is 8.32 Å². The van der Waals surface area contributed by atoms with E-state index >= 15 is 0 Å². The van der Waals surface area contributed by atoms with Gasteiger partial charge in [0.1, 0.15) is 6.29 Å². The van der Waals surface area contributed by atoms with E-state index in [9.17, 15) is 4.79 Å². The summed E-state index contributed by atoms with van der Waals surface area (Å²) >= 11 is 0. The van der Waals surface area contributed by atoms with Crippen molar-refractivity contribution >= 4 is 14.6 Å². The summed E-state index contributed by atoms with van der Waals surface area (Å²) in [5.41, 5.74) is 1.34. The maximum absolute atomic E-state index is 10.5. The molecule has 1 unspecified atom stereocenters. The van der Waals surface area contributed by atoms with E-state index in [0.29, 0.717) is 0 Å². The van der Waals surface area contributed by atoms with Crippen molar-refractivity contribution in [3.05, 3.63) is 48.0 Å². The molecule has 0 amide bonds. The summed E-state index contributed by atoms with van der Waals surface area (Å²) in [6.07, 6.45) is 7.31. The number of aldehydes is 1. The Bertz CT molecular complexity index is 472. The highest BCUT2D eigenvalue weighted by atomic mass is 28.4. The molecular weight excluding hydrogens is 288 g/mol. The van der Waals surface area contributed by atoms with Crippen LogP contribution >= 0.6 is 0 Å². The summed E-state index contributed by atoms with van der Waals surface area (Å²) < 4.78 is 6.54. The highest BCUT2D eigenvalue weighted by Gasteiger charge is 2.38. The first-order chi connectivity index (χ1) is 10.3.